The molecule has 1 aromatic rings. The van der Waals surface area contributed by atoms with Gasteiger partial charge in [0.1, 0.15) is 0 Å². The number of carbonyl (C=O) groups is 1. The summed E-state index contributed by atoms with van der Waals surface area (Å²) in [5.41, 5.74) is 2.57. The molecule has 30 heavy (non-hydrogen) atoms. The molecule has 1 amide bonds. The van der Waals surface area contributed by atoms with Gasteiger partial charge in [0.25, 0.3) is 0 Å². The molecular weight excluding hydrogens is 408 g/mol. The molecule has 2 aliphatic heterocycles. The van der Waals surface area contributed by atoms with Gasteiger partial charge in [0, 0.05) is 12.6 Å². The normalized spacial score (nSPS) is 30.7. The van der Waals surface area contributed by atoms with E-state index in [1.54, 1.807) is 0 Å². The Morgan fingerprint density at radius 2 is 1.90 bits per heavy atom. The minimum absolute atomic E-state index is 0.00322. The number of carbonyl (C=O) groups excluding carboxylic acids is 1. The number of fused-ring (bicyclic) bond motifs is 2. The van der Waals surface area contributed by atoms with E-state index >= 15 is 0 Å². The lowest BCUT2D eigenvalue weighted by Gasteiger charge is -2.43. The van der Waals surface area contributed by atoms with E-state index in [0.717, 1.165) is 19.1 Å². The van der Waals surface area contributed by atoms with Crippen LogP contribution in [0.2, 0.25) is 0 Å². The van der Waals surface area contributed by atoms with Crippen molar-refractivity contribution in [1.82, 2.24) is 9.62 Å². The van der Waals surface area contributed by atoms with Crippen molar-refractivity contribution >= 4 is 15.9 Å². The van der Waals surface area contributed by atoms with Crippen LogP contribution in [-0.4, -0.2) is 80.1 Å². The van der Waals surface area contributed by atoms with Gasteiger partial charge in [-0.3, -0.25) is 4.79 Å². The first-order valence-corrected chi connectivity index (χ1v) is 12.4. The molecule has 2 saturated heterocycles. The lowest BCUT2D eigenvalue weighted by atomic mass is 9.96. The first kappa shape index (κ1) is 21.7. The summed E-state index contributed by atoms with van der Waals surface area (Å²) in [6, 6.07) is 7.96. The largest absolute Gasteiger partial charge is 0.389 e. The predicted molar refractivity (Wildman–Crippen MR) is 110 cm³/mol. The Morgan fingerprint density at radius 3 is 2.57 bits per heavy atom. The quantitative estimate of drug-likeness (QED) is 0.697. The highest BCUT2D eigenvalue weighted by Gasteiger charge is 2.41. The summed E-state index contributed by atoms with van der Waals surface area (Å²) in [5, 5.41) is 13.1. The second kappa shape index (κ2) is 8.92. The molecule has 0 spiro atoms. The molecule has 166 valence electrons. The van der Waals surface area contributed by atoms with Crippen LogP contribution in [-0.2, 0) is 37.1 Å². The number of nitrogens with zero attached hydrogens (tertiary/aromatic N) is 1. The van der Waals surface area contributed by atoms with Gasteiger partial charge in [0.15, 0.2) is 0 Å². The number of nitrogens with one attached hydrogen (secondary N) is 1. The van der Waals surface area contributed by atoms with Crippen molar-refractivity contribution < 1.29 is 27.8 Å². The van der Waals surface area contributed by atoms with Crippen molar-refractivity contribution in [3.05, 3.63) is 35.4 Å². The first-order chi connectivity index (χ1) is 14.3. The zero-order chi connectivity index (χ0) is 21.3. The van der Waals surface area contributed by atoms with E-state index in [0.29, 0.717) is 12.8 Å². The number of hydrogen-bond acceptors (Lipinski definition) is 6. The number of β-amino-alcohol motifs (C(OH)–C–C–N with tert-alkyl or cyclic N) is 1. The zero-order valence-electron chi connectivity index (χ0n) is 17.2. The topological polar surface area (TPSA) is 105 Å². The van der Waals surface area contributed by atoms with Gasteiger partial charge in [-0.15, -0.1) is 0 Å². The Balaban J connectivity index is 1.33. The lowest BCUT2D eigenvalue weighted by molar-refractivity contribution is -0.146. The van der Waals surface area contributed by atoms with Crippen LogP contribution in [0.25, 0.3) is 0 Å². The highest BCUT2D eigenvalue weighted by molar-refractivity contribution is 7.88. The van der Waals surface area contributed by atoms with E-state index in [2.05, 4.69) is 17.4 Å². The van der Waals surface area contributed by atoms with Gasteiger partial charge < -0.3 is 19.9 Å². The number of amides is 1. The Labute approximate surface area is 177 Å². The van der Waals surface area contributed by atoms with Gasteiger partial charge in [-0.1, -0.05) is 24.3 Å². The highest BCUT2D eigenvalue weighted by atomic mass is 32.2. The van der Waals surface area contributed by atoms with E-state index in [-0.39, 0.29) is 44.2 Å². The standard InChI is InChI=1S/C21H30N2O6S/c1-30(26,27)23-11-17(24)12-28-13-20-19(23)7-6-18(29-20)10-21(25)22-16-8-14-4-2-3-5-15(14)9-16/h2-5,16-20,24H,6-13H2,1H3,(H,22,25)/t17-,18+,19-,20+/m1/s1. The van der Waals surface area contributed by atoms with Gasteiger partial charge >= 0.3 is 0 Å². The number of aliphatic hydroxyl groups excluding tert-OH is 1. The molecule has 4 atom stereocenters. The molecule has 0 saturated carbocycles. The third-order valence-corrected chi connectivity index (χ3v) is 7.46. The zero-order valence-corrected chi connectivity index (χ0v) is 18.0. The molecule has 1 aromatic carbocycles. The van der Waals surface area contributed by atoms with Gasteiger partial charge in [-0.05, 0) is 36.8 Å². The third kappa shape index (κ3) is 5.03. The second-order valence-corrected chi connectivity index (χ2v) is 10.5. The number of rotatable bonds is 4. The van der Waals surface area contributed by atoms with Crippen LogP contribution in [0.15, 0.2) is 24.3 Å². The van der Waals surface area contributed by atoms with Gasteiger partial charge in [0.2, 0.25) is 15.9 Å². The van der Waals surface area contributed by atoms with Crippen LogP contribution in [0.5, 0.6) is 0 Å². The number of sulfonamides is 1. The SMILES string of the molecule is CS(=O)(=O)N1C[C@@H](O)COC[C@@H]2O[C@H](CC(=O)NC3Cc4ccccc4C3)CC[C@H]21. The molecule has 1 aliphatic carbocycles. The van der Waals surface area contributed by atoms with Crippen molar-refractivity contribution in [2.24, 2.45) is 0 Å². The third-order valence-electron chi connectivity index (χ3n) is 6.19. The van der Waals surface area contributed by atoms with Crippen molar-refractivity contribution in [2.75, 3.05) is 26.0 Å². The van der Waals surface area contributed by atoms with Crippen LogP contribution >= 0.6 is 0 Å². The average Bonchev–Trinajstić information content (AvgIpc) is 3.06. The van der Waals surface area contributed by atoms with Crippen molar-refractivity contribution in [1.29, 1.82) is 0 Å². The summed E-state index contributed by atoms with van der Waals surface area (Å²) in [4.78, 5) is 12.6. The Kier molecular flexibility index (Phi) is 6.45. The summed E-state index contributed by atoms with van der Waals surface area (Å²) < 4.78 is 37.5. The molecule has 0 aromatic heterocycles. The monoisotopic (exact) mass is 438 g/mol. The fraction of sp³-hybridized carbons (Fsp3) is 0.667. The van der Waals surface area contributed by atoms with Gasteiger partial charge in [0.05, 0.1) is 50.2 Å². The Hall–Kier alpha value is -1.52. The number of aliphatic hydroxyl groups is 1. The molecule has 0 bridgehead atoms. The molecule has 3 aliphatic rings. The Morgan fingerprint density at radius 1 is 1.20 bits per heavy atom. The first-order valence-electron chi connectivity index (χ1n) is 10.5. The van der Waals surface area contributed by atoms with E-state index in [1.165, 1.54) is 15.4 Å². The summed E-state index contributed by atoms with van der Waals surface area (Å²) in [7, 11) is -3.49. The molecule has 2 N–H and O–H groups in total. The highest BCUT2D eigenvalue weighted by Crippen LogP contribution is 2.29. The maximum absolute atomic E-state index is 12.6. The predicted octanol–water partition coefficient (Wildman–Crippen LogP) is 0.229. The van der Waals surface area contributed by atoms with Crippen molar-refractivity contribution in [3.63, 3.8) is 0 Å². The van der Waals surface area contributed by atoms with Crippen LogP contribution < -0.4 is 5.32 Å². The van der Waals surface area contributed by atoms with Crippen LogP contribution in [0, 0.1) is 0 Å². The van der Waals surface area contributed by atoms with Crippen molar-refractivity contribution in [3.8, 4) is 0 Å². The maximum atomic E-state index is 12.6. The molecule has 0 unspecified atom stereocenters. The number of benzene rings is 1. The summed E-state index contributed by atoms with van der Waals surface area (Å²) in [6.07, 6.45) is 2.66. The van der Waals surface area contributed by atoms with E-state index in [9.17, 15) is 18.3 Å². The van der Waals surface area contributed by atoms with E-state index < -0.39 is 28.3 Å². The molecular formula is C21H30N2O6S. The minimum atomic E-state index is -3.49. The smallest absolute Gasteiger partial charge is 0.222 e. The Bertz CT molecular complexity index is 851. The number of hydrogen-bond donors (Lipinski definition) is 2. The molecule has 8 nitrogen and oxygen atoms in total. The molecule has 9 heteroatoms. The molecule has 0 radical (unpaired) electrons. The summed E-state index contributed by atoms with van der Waals surface area (Å²) in [5.74, 6) is -0.0431. The fourth-order valence-electron chi connectivity index (χ4n) is 4.83. The molecule has 4 rings (SSSR count). The lowest BCUT2D eigenvalue weighted by Crippen LogP contribution is -2.57. The minimum Gasteiger partial charge on any atom is -0.389 e. The van der Waals surface area contributed by atoms with E-state index in [1.807, 2.05) is 12.1 Å². The van der Waals surface area contributed by atoms with Gasteiger partial charge in [-0.25, -0.2) is 8.42 Å². The summed E-state index contributed by atoms with van der Waals surface area (Å²) in [6.45, 7) is 0.256. The van der Waals surface area contributed by atoms with Crippen LogP contribution in [0.3, 0.4) is 0 Å². The second-order valence-electron chi connectivity index (χ2n) is 8.61. The number of ether oxygens (including phenoxy) is 2. The van der Waals surface area contributed by atoms with Gasteiger partial charge in [-0.2, -0.15) is 4.31 Å². The maximum Gasteiger partial charge on any atom is 0.222 e. The van der Waals surface area contributed by atoms with Crippen LogP contribution in [0.4, 0.5) is 0 Å². The summed E-state index contributed by atoms with van der Waals surface area (Å²) >= 11 is 0. The fourth-order valence-corrected chi connectivity index (χ4v) is 6.01. The molecule has 2 heterocycles. The molecule has 2 fully saturated rings. The van der Waals surface area contributed by atoms with Crippen molar-refractivity contribution in [2.45, 2.75) is 62.5 Å². The van der Waals surface area contributed by atoms with E-state index in [4.69, 9.17) is 9.47 Å². The van der Waals surface area contributed by atoms with Crippen LogP contribution in [0.1, 0.15) is 30.4 Å². The average molecular weight is 439 g/mol.